The minimum Gasteiger partial charge on any atom is -0.354 e. The molecule has 0 radical (unpaired) electrons. The number of rotatable bonds is 1. The van der Waals surface area contributed by atoms with Crippen LogP contribution < -0.4 is 10.6 Å². The third-order valence-corrected chi connectivity index (χ3v) is 3.67. The number of hydrogen-bond donors (Lipinski definition) is 1. The van der Waals surface area contributed by atoms with E-state index in [1.54, 1.807) is 0 Å². The summed E-state index contributed by atoms with van der Waals surface area (Å²) in [7, 11) is 0. The Morgan fingerprint density at radius 2 is 2.40 bits per heavy atom. The van der Waals surface area contributed by atoms with Gasteiger partial charge in [0, 0.05) is 25.3 Å². The molecule has 1 aromatic rings. The highest BCUT2D eigenvalue weighted by Crippen LogP contribution is 2.26. The van der Waals surface area contributed by atoms with E-state index >= 15 is 0 Å². The second kappa shape index (κ2) is 4.49. The molecule has 2 heterocycles. The Balaban J connectivity index is 2.15. The van der Waals surface area contributed by atoms with Crippen molar-refractivity contribution in [1.82, 2.24) is 4.98 Å². The van der Waals surface area contributed by atoms with Crippen molar-refractivity contribution in [2.75, 3.05) is 18.0 Å². The normalized spacial score (nSPS) is 26.7. The van der Waals surface area contributed by atoms with Crippen LogP contribution in [0.5, 0.6) is 0 Å². The molecule has 1 aliphatic heterocycles. The Hall–Kier alpha value is -0.610. The zero-order valence-corrected chi connectivity index (χ0v) is 10.4. The smallest absolute Gasteiger partial charge is 0.142 e. The zero-order valence-electron chi connectivity index (χ0n) is 8.86. The fraction of sp³-hybridized carbons (Fsp3) is 0.545. The van der Waals surface area contributed by atoms with Crippen molar-refractivity contribution in [3.63, 3.8) is 0 Å². The van der Waals surface area contributed by atoms with E-state index in [-0.39, 0.29) is 6.04 Å². The van der Waals surface area contributed by atoms with Crippen LogP contribution in [0.4, 0.5) is 5.82 Å². The van der Waals surface area contributed by atoms with Crippen molar-refractivity contribution in [3.8, 4) is 0 Å². The first-order valence-corrected chi connectivity index (χ1v) is 6.09. The van der Waals surface area contributed by atoms with E-state index in [0.29, 0.717) is 5.92 Å². The fourth-order valence-electron chi connectivity index (χ4n) is 1.90. The van der Waals surface area contributed by atoms with Gasteiger partial charge in [0.15, 0.2) is 0 Å². The van der Waals surface area contributed by atoms with Crippen LogP contribution in [-0.2, 0) is 0 Å². The van der Waals surface area contributed by atoms with E-state index in [1.165, 1.54) is 0 Å². The molecule has 3 nitrogen and oxygen atoms in total. The molecule has 1 fully saturated rings. The molecule has 1 aliphatic rings. The Labute approximate surface area is 98.8 Å². The van der Waals surface area contributed by atoms with Crippen LogP contribution in [0.2, 0.25) is 0 Å². The molecule has 1 aromatic heterocycles. The summed E-state index contributed by atoms with van der Waals surface area (Å²) in [6, 6.07) is 4.21. The lowest BCUT2D eigenvalue weighted by Gasteiger charge is -2.36. The molecule has 0 amide bonds. The van der Waals surface area contributed by atoms with Gasteiger partial charge in [-0.15, -0.1) is 0 Å². The highest BCUT2D eigenvalue weighted by molar-refractivity contribution is 9.10. The van der Waals surface area contributed by atoms with E-state index in [9.17, 15) is 0 Å². The molecule has 0 aromatic carbocycles. The number of piperidine rings is 1. The van der Waals surface area contributed by atoms with Crippen molar-refractivity contribution in [2.24, 2.45) is 11.7 Å². The first-order chi connectivity index (χ1) is 7.18. The summed E-state index contributed by atoms with van der Waals surface area (Å²) < 4.78 is 1.05. The summed E-state index contributed by atoms with van der Waals surface area (Å²) in [5, 5.41) is 0. The number of anilines is 1. The summed E-state index contributed by atoms with van der Waals surface area (Å²) >= 11 is 3.52. The largest absolute Gasteiger partial charge is 0.354 e. The third-order valence-electron chi connectivity index (χ3n) is 3.06. The molecule has 1 saturated heterocycles. The molecule has 82 valence electrons. The fourth-order valence-corrected chi connectivity index (χ4v) is 2.41. The Morgan fingerprint density at radius 1 is 1.60 bits per heavy atom. The number of halogens is 1. The number of nitrogens with two attached hydrogens (primary N) is 1. The third kappa shape index (κ3) is 2.32. The predicted molar refractivity (Wildman–Crippen MR) is 65.9 cm³/mol. The molecule has 15 heavy (non-hydrogen) atoms. The van der Waals surface area contributed by atoms with Crippen molar-refractivity contribution in [2.45, 2.75) is 19.4 Å². The maximum absolute atomic E-state index is 6.07. The molecule has 2 unspecified atom stereocenters. The first-order valence-electron chi connectivity index (χ1n) is 5.29. The summed E-state index contributed by atoms with van der Waals surface area (Å²) in [5.41, 5.74) is 6.07. The second-order valence-electron chi connectivity index (χ2n) is 4.18. The summed E-state index contributed by atoms with van der Waals surface area (Å²) in [5.74, 6) is 1.63. The van der Waals surface area contributed by atoms with Crippen LogP contribution in [-0.4, -0.2) is 24.1 Å². The van der Waals surface area contributed by atoms with Gasteiger partial charge in [0.05, 0.1) is 4.47 Å². The van der Waals surface area contributed by atoms with Gasteiger partial charge in [-0.2, -0.15) is 0 Å². The van der Waals surface area contributed by atoms with E-state index in [4.69, 9.17) is 5.73 Å². The van der Waals surface area contributed by atoms with Gasteiger partial charge < -0.3 is 10.6 Å². The minimum absolute atomic E-state index is 0.257. The van der Waals surface area contributed by atoms with Gasteiger partial charge in [-0.1, -0.05) is 6.92 Å². The summed E-state index contributed by atoms with van der Waals surface area (Å²) in [6.07, 6.45) is 2.97. The van der Waals surface area contributed by atoms with Crippen LogP contribution in [0.25, 0.3) is 0 Å². The van der Waals surface area contributed by atoms with E-state index in [1.807, 2.05) is 18.3 Å². The highest BCUT2D eigenvalue weighted by Gasteiger charge is 2.24. The second-order valence-corrected chi connectivity index (χ2v) is 5.04. The molecule has 2 atom stereocenters. The molecule has 0 aliphatic carbocycles. The minimum atomic E-state index is 0.257. The zero-order chi connectivity index (χ0) is 10.8. The van der Waals surface area contributed by atoms with E-state index < -0.39 is 0 Å². The van der Waals surface area contributed by atoms with Crippen molar-refractivity contribution in [1.29, 1.82) is 0 Å². The van der Waals surface area contributed by atoms with Crippen molar-refractivity contribution >= 4 is 21.7 Å². The molecule has 0 bridgehead atoms. The average Bonchev–Trinajstić information content (AvgIpc) is 2.23. The van der Waals surface area contributed by atoms with Gasteiger partial charge in [-0.05, 0) is 40.4 Å². The van der Waals surface area contributed by atoms with Crippen LogP contribution in [0.15, 0.2) is 22.8 Å². The standard InChI is InChI=1S/C11H16BrN3/c1-8-4-6-15(7-10(8)13)11-9(12)3-2-5-14-11/h2-3,5,8,10H,4,6-7,13H2,1H3. The Kier molecular flexibility index (Phi) is 3.26. The lowest BCUT2D eigenvalue weighted by Crippen LogP contribution is -2.48. The van der Waals surface area contributed by atoms with E-state index in [0.717, 1.165) is 29.8 Å². The molecule has 0 saturated carbocycles. The van der Waals surface area contributed by atoms with Crippen LogP contribution in [0.1, 0.15) is 13.3 Å². The van der Waals surface area contributed by atoms with E-state index in [2.05, 4.69) is 32.7 Å². The SMILES string of the molecule is CC1CCN(c2ncccc2Br)CC1N. The molecular weight excluding hydrogens is 254 g/mol. The van der Waals surface area contributed by atoms with Crippen molar-refractivity contribution in [3.05, 3.63) is 22.8 Å². The van der Waals surface area contributed by atoms with Gasteiger partial charge in [0.2, 0.25) is 0 Å². The monoisotopic (exact) mass is 269 g/mol. The Bertz CT molecular complexity index is 342. The average molecular weight is 270 g/mol. The predicted octanol–water partition coefficient (Wildman–Crippen LogP) is 2.02. The lowest BCUT2D eigenvalue weighted by molar-refractivity contribution is 0.378. The topological polar surface area (TPSA) is 42.2 Å². The molecule has 2 N–H and O–H groups in total. The van der Waals surface area contributed by atoms with Crippen LogP contribution in [0.3, 0.4) is 0 Å². The van der Waals surface area contributed by atoms with Gasteiger partial charge in [-0.3, -0.25) is 0 Å². The van der Waals surface area contributed by atoms with Gasteiger partial charge in [0.1, 0.15) is 5.82 Å². The van der Waals surface area contributed by atoms with Gasteiger partial charge >= 0.3 is 0 Å². The molecular formula is C11H16BrN3. The molecule has 0 spiro atoms. The molecule has 2 rings (SSSR count). The number of pyridine rings is 1. The molecule has 4 heteroatoms. The first kappa shape index (κ1) is 10.9. The van der Waals surface area contributed by atoms with Gasteiger partial charge in [0.25, 0.3) is 0 Å². The maximum Gasteiger partial charge on any atom is 0.142 e. The number of nitrogens with zero attached hydrogens (tertiary/aromatic N) is 2. The summed E-state index contributed by atoms with van der Waals surface area (Å²) in [4.78, 5) is 6.64. The number of hydrogen-bond acceptors (Lipinski definition) is 3. The quantitative estimate of drug-likeness (QED) is 0.848. The van der Waals surface area contributed by atoms with Crippen LogP contribution >= 0.6 is 15.9 Å². The maximum atomic E-state index is 6.07. The van der Waals surface area contributed by atoms with Gasteiger partial charge in [-0.25, -0.2) is 4.98 Å². The highest BCUT2D eigenvalue weighted by atomic mass is 79.9. The Morgan fingerprint density at radius 3 is 3.07 bits per heavy atom. The summed E-state index contributed by atoms with van der Waals surface area (Å²) in [6.45, 7) is 4.16. The number of aromatic nitrogens is 1. The lowest BCUT2D eigenvalue weighted by atomic mass is 9.94. The van der Waals surface area contributed by atoms with Crippen molar-refractivity contribution < 1.29 is 0 Å². The van der Waals surface area contributed by atoms with Crippen LogP contribution in [0, 0.1) is 5.92 Å².